The quantitative estimate of drug-likeness (QED) is 0.459. The van der Waals surface area contributed by atoms with E-state index < -0.39 is 0 Å². The molecule has 3 aromatic rings. The second-order valence-corrected chi connectivity index (χ2v) is 8.83. The molecule has 0 radical (unpaired) electrons. The van der Waals surface area contributed by atoms with Gasteiger partial charge in [0, 0.05) is 30.0 Å². The first-order valence-corrected chi connectivity index (χ1v) is 11.5. The van der Waals surface area contributed by atoms with Crippen LogP contribution in [0.5, 0.6) is 5.75 Å². The number of ether oxygens (including phenoxy) is 2. The fourth-order valence-corrected chi connectivity index (χ4v) is 4.98. The molecule has 2 aliphatic rings. The number of aryl methyl sites for hydroxylation is 1. The molecule has 1 aliphatic carbocycles. The molecule has 1 saturated heterocycles. The van der Waals surface area contributed by atoms with Crippen molar-refractivity contribution in [2.75, 3.05) is 11.6 Å². The number of rotatable bonds is 5. The molecule has 1 saturated carbocycles. The molecule has 2 N–H and O–H groups in total. The number of fused-ring (bicyclic) bond motifs is 1. The summed E-state index contributed by atoms with van der Waals surface area (Å²) in [5, 5.41) is 7.71. The molecule has 0 spiro atoms. The van der Waals surface area contributed by atoms with Gasteiger partial charge in [0.15, 0.2) is 6.23 Å². The Morgan fingerprint density at radius 2 is 1.94 bits per heavy atom. The average molecular weight is 421 g/mol. The summed E-state index contributed by atoms with van der Waals surface area (Å²) in [7, 11) is 0. The topological polar surface area (TPSA) is 65.5 Å². The van der Waals surface area contributed by atoms with E-state index >= 15 is 0 Å². The lowest BCUT2D eigenvalue weighted by Gasteiger charge is -2.36. The van der Waals surface area contributed by atoms with Gasteiger partial charge in [-0.25, -0.2) is 10.5 Å². The van der Waals surface area contributed by atoms with Crippen LogP contribution in [0.2, 0.25) is 0 Å². The first-order chi connectivity index (χ1) is 15.2. The average Bonchev–Trinajstić information content (AvgIpc) is 3.27. The largest absolute Gasteiger partial charge is 0.490 e. The Morgan fingerprint density at radius 1 is 1.06 bits per heavy atom. The zero-order chi connectivity index (χ0) is 21.2. The number of aromatic nitrogens is 2. The summed E-state index contributed by atoms with van der Waals surface area (Å²) in [6.07, 6.45) is 9.72. The summed E-state index contributed by atoms with van der Waals surface area (Å²) in [5.74, 6) is 7.41. The predicted molar refractivity (Wildman–Crippen MR) is 123 cm³/mol. The standard InChI is InChI=1S/C25H32N4O2/c1-18-22-17-27-29(25-12-5-6-15-30-25)23(22)13-14-24(18)31-21-11-7-10-20(16-21)28(26)19-8-3-2-4-9-19/h2-4,8-9,13-14,17,20-21,25H,5-7,10-12,15-16,26H2,1H3/t20-,21+,25?/m1/s1. The lowest BCUT2D eigenvalue weighted by Crippen LogP contribution is -2.46. The maximum absolute atomic E-state index is 6.51. The van der Waals surface area contributed by atoms with Gasteiger partial charge in [0.1, 0.15) is 11.9 Å². The van der Waals surface area contributed by atoms with Crippen molar-refractivity contribution in [3.63, 3.8) is 0 Å². The van der Waals surface area contributed by atoms with Crippen molar-refractivity contribution in [1.29, 1.82) is 0 Å². The van der Waals surface area contributed by atoms with Gasteiger partial charge in [-0.05, 0) is 69.7 Å². The van der Waals surface area contributed by atoms with Crippen molar-refractivity contribution in [3.05, 3.63) is 54.2 Å². The number of anilines is 1. The maximum Gasteiger partial charge on any atom is 0.150 e. The minimum atomic E-state index is 0.0463. The number of hydrazine groups is 1. The molecule has 6 nitrogen and oxygen atoms in total. The number of para-hydroxylation sites is 1. The molecular formula is C25H32N4O2. The third-order valence-electron chi connectivity index (χ3n) is 6.77. The molecule has 2 fully saturated rings. The Balaban J connectivity index is 1.31. The van der Waals surface area contributed by atoms with Crippen molar-refractivity contribution < 1.29 is 9.47 Å². The van der Waals surface area contributed by atoms with E-state index in [1.165, 1.54) is 6.42 Å². The third-order valence-corrected chi connectivity index (χ3v) is 6.77. The summed E-state index contributed by atoms with van der Waals surface area (Å²) in [6, 6.07) is 14.7. The van der Waals surface area contributed by atoms with Gasteiger partial charge in [-0.1, -0.05) is 18.2 Å². The second-order valence-electron chi connectivity index (χ2n) is 8.83. The zero-order valence-electron chi connectivity index (χ0n) is 18.2. The first-order valence-electron chi connectivity index (χ1n) is 11.5. The molecule has 1 aliphatic heterocycles. The van der Waals surface area contributed by atoms with Crippen molar-refractivity contribution in [2.45, 2.75) is 70.2 Å². The van der Waals surface area contributed by atoms with Crippen LogP contribution >= 0.6 is 0 Å². The highest BCUT2D eigenvalue weighted by molar-refractivity contribution is 5.84. The Labute approximate surface area is 183 Å². The maximum atomic E-state index is 6.51. The number of nitrogens with two attached hydrogens (primary N) is 1. The lowest BCUT2D eigenvalue weighted by atomic mass is 9.92. The highest BCUT2D eigenvalue weighted by atomic mass is 16.5. The monoisotopic (exact) mass is 420 g/mol. The summed E-state index contributed by atoms with van der Waals surface area (Å²) in [6.45, 7) is 2.95. The van der Waals surface area contributed by atoms with E-state index in [1.807, 2.05) is 34.1 Å². The fourth-order valence-electron chi connectivity index (χ4n) is 4.98. The van der Waals surface area contributed by atoms with Gasteiger partial charge in [0.25, 0.3) is 0 Å². The lowest BCUT2D eigenvalue weighted by molar-refractivity contribution is -0.0366. The van der Waals surface area contributed by atoms with E-state index in [-0.39, 0.29) is 18.4 Å². The molecule has 5 rings (SSSR count). The molecule has 1 aromatic heterocycles. The van der Waals surface area contributed by atoms with Crippen LogP contribution in [0.15, 0.2) is 48.7 Å². The van der Waals surface area contributed by atoms with Crippen molar-refractivity contribution >= 4 is 16.6 Å². The summed E-state index contributed by atoms with van der Waals surface area (Å²) >= 11 is 0. The molecular weight excluding hydrogens is 388 g/mol. The first kappa shape index (κ1) is 20.3. The third kappa shape index (κ3) is 4.14. The summed E-state index contributed by atoms with van der Waals surface area (Å²) < 4.78 is 14.5. The van der Waals surface area contributed by atoms with Gasteiger partial charge in [0.05, 0.1) is 17.4 Å². The van der Waals surface area contributed by atoms with Crippen LogP contribution in [0.3, 0.4) is 0 Å². The number of benzene rings is 2. The molecule has 2 aromatic carbocycles. The number of nitrogens with zero attached hydrogens (tertiary/aromatic N) is 3. The van der Waals surface area contributed by atoms with Gasteiger partial charge in [0.2, 0.25) is 0 Å². The molecule has 1 unspecified atom stereocenters. The van der Waals surface area contributed by atoms with Crippen LogP contribution in [0.1, 0.15) is 56.7 Å². The Bertz CT molecular complexity index is 1010. The second kappa shape index (κ2) is 8.89. The van der Waals surface area contributed by atoms with Crippen LogP contribution < -0.4 is 15.6 Å². The minimum Gasteiger partial charge on any atom is -0.490 e. The van der Waals surface area contributed by atoms with Gasteiger partial charge < -0.3 is 14.5 Å². The van der Waals surface area contributed by atoms with Crippen molar-refractivity contribution in [2.24, 2.45) is 5.84 Å². The van der Waals surface area contributed by atoms with Gasteiger partial charge in [-0.2, -0.15) is 5.10 Å². The number of hydrogen-bond acceptors (Lipinski definition) is 5. The van der Waals surface area contributed by atoms with Crippen molar-refractivity contribution in [3.8, 4) is 5.75 Å². The van der Waals surface area contributed by atoms with Gasteiger partial charge in [-0.3, -0.25) is 0 Å². The van der Waals surface area contributed by atoms with Crippen molar-refractivity contribution in [1.82, 2.24) is 9.78 Å². The molecule has 6 heteroatoms. The number of hydrogen-bond donors (Lipinski definition) is 1. The molecule has 3 atom stereocenters. The van der Waals surface area contributed by atoms with E-state index in [2.05, 4.69) is 36.3 Å². The fraction of sp³-hybridized carbons (Fsp3) is 0.480. The molecule has 164 valence electrons. The highest BCUT2D eigenvalue weighted by Crippen LogP contribution is 2.34. The van der Waals surface area contributed by atoms with Crippen LogP contribution in [0.4, 0.5) is 5.69 Å². The smallest absolute Gasteiger partial charge is 0.150 e. The predicted octanol–water partition coefficient (Wildman–Crippen LogP) is 5.11. The Morgan fingerprint density at radius 3 is 2.74 bits per heavy atom. The van der Waals surface area contributed by atoms with E-state index in [4.69, 9.17) is 15.3 Å². The van der Waals surface area contributed by atoms with E-state index in [9.17, 15) is 0 Å². The van der Waals surface area contributed by atoms with Crippen LogP contribution in [0.25, 0.3) is 10.9 Å². The van der Waals surface area contributed by atoms with E-state index in [0.29, 0.717) is 0 Å². The molecule has 0 bridgehead atoms. The molecule has 2 heterocycles. The van der Waals surface area contributed by atoms with Crippen LogP contribution in [0, 0.1) is 6.92 Å². The van der Waals surface area contributed by atoms with Gasteiger partial charge in [-0.15, -0.1) is 0 Å². The Kier molecular flexibility index (Phi) is 5.83. The molecule has 31 heavy (non-hydrogen) atoms. The zero-order valence-corrected chi connectivity index (χ0v) is 18.2. The SMILES string of the molecule is Cc1c(O[C@H]2CCC[C@@H](N(N)c3ccccc3)C2)ccc2c1cnn2C1CCCCO1. The van der Waals surface area contributed by atoms with E-state index in [1.54, 1.807) is 0 Å². The summed E-state index contributed by atoms with van der Waals surface area (Å²) in [4.78, 5) is 0. The van der Waals surface area contributed by atoms with Crippen LogP contribution in [-0.4, -0.2) is 28.5 Å². The highest BCUT2D eigenvalue weighted by Gasteiger charge is 2.28. The summed E-state index contributed by atoms with van der Waals surface area (Å²) in [5.41, 5.74) is 3.33. The normalized spacial score (nSPS) is 24.3. The van der Waals surface area contributed by atoms with Gasteiger partial charge >= 0.3 is 0 Å². The van der Waals surface area contributed by atoms with Crippen LogP contribution in [-0.2, 0) is 4.74 Å². The molecule has 0 amide bonds. The minimum absolute atomic E-state index is 0.0463. The van der Waals surface area contributed by atoms with E-state index in [0.717, 1.165) is 73.0 Å². The Hall–Kier alpha value is -2.57.